The number of allylic oxidation sites excluding steroid dienone is 2. The first kappa shape index (κ1) is 26.6. The lowest BCUT2D eigenvalue weighted by molar-refractivity contribution is -0.00566. The van der Waals surface area contributed by atoms with Gasteiger partial charge in [0.2, 0.25) is 0 Å². The Morgan fingerprint density at radius 1 is 1.13 bits per heavy atom. The lowest BCUT2D eigenvalue weighted by atomic mass is 9.95. The summed E-state index contributed by atoms with van der Waals surface area (Å²) in [4.78, 5) is 10.4. The van der Waals surface area contributed by atoms with Crippen LogP contribution < -0.4 is 15.5 Å². The van der Waals surface area contributed by atoms with Gasteiger partial charge in [0.05, 0.1) is 36.2 Å². The molecule has 3 unspecified atom stereocenters. The summed E-state index contributed by atoms with van der Waals surface area (Å²) in [5, 5.41) is 7.13. The van der Waals surface area contributed by atoms with E-state index in [1.807, 2.05) is 31.7 Å². The average Bonchev–Trinajstić information content (AvgIpc) is 2.89. The number of morpholine rings is 1. The van der Waals surface area contributed by atoms with Crippen LogP contribution in [0.25, 0.3) is 5.70 Å². The Morgan fingerprint density at radius 3 is 2.63 bits per heavy atom. The van der Waals surface area contributed by atoms with Crippen LogP contribution in [0.5, 0.6) is 0 Å². The minimum atomic E-state index is -0.249. The summed E-state index contributed by atoms with van der Waals surface area (Å²) in [6.45, 7) is 10.8. The molecular weight excluding hydrogens is 497 g/mol. The highest BCUT2D eigenvalue weighted by molar-refractivity contribution is 7.98. The number of rotatable bonds is 6. The molecule has 1 aromatic carbocycles. The summed E-state index contributed by atoms with van der Waals surface area (Å²) in [5.41, 5.74) is 7.26. The summed E-state index contributed by atoms with van der Waals surface area (Å²) < 4.78 is 21.2. The Hall–Kier alpha value is -2.97. The van der Waals surface area contributed by atoms with Crippen molar-refractivity contribution in [3.05, 3.63) is 76.4 Å². The van der Waals surface area contributed by atoms with Crippen molar-refractivity contribution in [2.75, 3.05) is 49.7 Å². The third kappa shape index (κ3) is 5.43. The number of pyridine rings is 1. The lowest BCUT2D eigenvalue weighted by Crippen LogP contribution is -2.46. The van der Waals surface area contributed by atoms with Crippen LogP contribution in [-0.2, 0) is 4.74 Å². The highest BCUT2D eigenvalue weighted by Gasteiger charge is 2.30. The number of hydrogen-bond donors (Lipinski definition) is 2. The third-order valence-corrected chi connectivity index (χ3v) is 8.39. The molecule has 0 radical (unpaired) electrons. The topological polar surface area (TPSA) is 52.7 Å². The number of halogens is 1. The zero-order valence-electron chi connectivity index (χ0n) is 23.1. The second-order valence-corrected chi connectivity index (χ2v) is 11.4. The van der Waals surface area contributed by atoms with Crippen LogP contribution in [0, 0.1) is 19.7 Å². The first-order chi connectivity index (χ1) is 18.2. The molecule has 2 N–H and O–H groups in total. The molecule has 38 heavy (non-hydrogen) atoms. The zero-order chi connectivity index (χ0) is 27.0. The Balaban J connectivity index is 1.36. The molecule has 0 bridgehead atoms. The molecule has 1 saturated heterocycles. The van der Waals surface area contributed by atoms with Gasteiger partial charge in [-0.05, 0) is 81.0 Å². The molecule has 8 heteroatoms. The van der Waals surface area contributed by atoms with Crippen molar-refractivity contribution in [2.24, 2.45) is 0 Å². The Kier molecular flexibility index (Phi) is 7.73. The predicted octanol–water partition coefficient (Wildman–Crippen LogP) is 5.35. The largest absolute Gasteiger partial charge is 0.383 e. The third-order valence-electron chi connectivity index (χ3n) is 7.51. The van der Waals surface area contributed by atoms with Crippen LogP contribution >= 0.6 is 11.8 Å². The summed E-state index contributed by atoms with van der Waals surface area (Å²) in [5.74, 6) is 0.167. The lowest BCUT2D eigenvalue weighted by Gasteiger charge is -2.39. The minimum Gasteiger partial charge on any atom is -0.383 e. The van der Waals surface area contributed by atoms with Crippen molar-refractivity contribution in [1.29, 1.82) is 0 Å². The molecule has 6 nitrogen and oxygen atoms in total. The molecule has 3 aliphatic heterocycles. The van der Waals surface area contributed by atoms with E-state index in [1.165, 1.54) is 16.0 Å². The van der Waals surface area contributed by atoms with Gasteiger partial charge in [-0.15, -0.1) is 11.8 Å². The smallest absolute Gasteiger partial charge is 0.168 e. The minimum absolute atomic E-state index is 0.0325. The first-order valence-corrected chi connectivity index (χ1v) is 14.5. The Morgan fingerprint density at radius 2 is 1.89 bits per heavy atom. The number of likely N-dealkylation sites (N-methyl/N-ethyl adjacent to an activating group) is 1. The zero-order valence-corrected chi connectivity index (χ0v) is 24.0. The van der Waals surface area contributed by atoms with E-state index < -0.39 is 0 Å². The maximum atomic E-state index is 15.3. The number of ether oxygens (including phenoxy) is 1. The van der Waals surface area contributed by atoms with Gasteiger partial charge in [0.15, 0.2) is 11.6 Å². The van der Waals surface area contributed by atoms with Crippen LogP contribution in [0.4, 0.5) is 15.9 Å². The number of hydrogen-bond acceptors (Lipinski definition) is 7. The van der Waals surface area contributed by atoms with Gasteiger partial charge in [-0.25, -0.2) is 9.37 Å². The van der Waals surface area contributed by atoms with Gasteiger partial charge in [-0.3, -0.25) is 0 Å². The SMILES string of the molecule is CSc1cc(NCC2=CC3C(=CC=C(c4cc(C)c(F)c(N5CC(C)OC(C)C5)n4)N3C)CN2)ccc1C. The van der Waals surface area contributed by atoms with Crippen LogP contribution in [0.1, 0.15) is 30.7 Å². The van der Waals surface area contributed by atoms with Crippen LogP contribution in [0.3, 0.4) is 0 Å². The summed E-state index contributed by atoms with van der Waals surface area (Å²) in [6, 6.07) is 8.48. The number of aromatic nitrogens is 1. The van der Waals surface area contributed by atoms with E-state index in [4.69, 9.17) is 9.72 Å². The number of benzene rings is 1. The molecule has 0 aliphatic carbocycles. The highest BCUT2D eigenvalue weighted by Crippen LogP contribution is 2.33. The van der Waals surface area contributed by atoms with Gasteiger partial charge < -0.3 is 25.2 Å². The molecule has 202 valence electrons. The maximum Gasteiger partial charge on any atom is 0.168 e. The number of anilines is 2. The molecule has 4 heterocycles. The van der Waals surface area contributed by atoms with Crippen molar-refractivity contribution in [1.82, 2.24) is 15.2 Å². The molecule has 1 fully saturated rings. The molecule has 0 amide bonds. The van der Waals surface area contributed by atoms with Gasteiger partial charge >= 0.3 is 0 Å². The van der Waals surface area contributed by atoms with Crippen molar-refractivity contribution in [3.8, 4) is 0 Å². The van der Waals surface area contributed by atoms with E-state index in [9.17, 15) is 0 Å². The molecule has 2 aromatic rings. The van der Waals surface area contributed by atoms with E-state index in [2.05, 4.69) is 72.2 Å². The first-order valence-electron chi connectivity index (χ1n) is 13.3. The number of nitrogens with one attached hydrogen (secondary N) is 2. The fourth-order valence-electron chi connectivity index (χ4n) is 5.49. The second-order valence-electron chi connectivity index (χ2n) is 10.6. The van der Waals surface area contributed by atoms with Crippen molar-refractivity contribution < 1.29 is 9.13 Å². The quantitative estimate of drug-likeness (QED) is 0.484. The molecule has 0 saturated carbocycles. The molecule has 3 atom stereocenters. The number of thioether (sulfide) groups is 1. The van der Waals surface area contributed by atoms with E-state index >= 15 is 4.39 Å². The monoisotopic (exact) mass is 535 g/mol. The molecule has 3 aliphatic rings. The number of aryl methyl sites for hydroxylation is 2. The average molecular weight is 536 g/mol. The highest BCUT2D eigenvalue weighted by atomic mass is 32.2. The van der Waals surface area contributed by atoms with Crippen LogP contribution in [-0.4, -0.2) is 67.6 Å². The molecular formula is C30H38FN5OS. The molecule has 0 spiro atoms. The van der Waals surface area contributed by atoms with Crippen molar-refractivity contribution in [3.63, 3.8) is 0 Å². The number of nitrogens with zero attached hydrogens (tertiary/aromatic N) is 3. The van der Waals surface area contributed by atoms with Gasteiger partial charge in [-0.2, -0.15) is 0 Å². The second kappa shape index (κ2) is 11.0. The van der Waals surface area contributed by atoms with E-state index in [0.29, 0.717) is 24.5 Å². The van der Waals surface area contributed by atoms with Crippen molar-refractivity contribution in [2.45, 2.75) is 50.8 Å². The van der Waals surface area contributed by atoms with E-state index in [1.54, 1.807) is 11.8 Å². The summed E-state index contributed by atoms with van der Waals surface area (Å²) >= 11 is 1.77. The molecule has 5 rings (SSSR count). The van der Waals surface area contributed by atoms with Gasteiger partial charge in [0.25, 0.3) is 0 Å². The maximum absolute atomic E-state index is 15.3. The van der Waals surface area contributed by atoms with Gasteiger partial charge in [0, 0.05) is 43.0 Å². The normalized spacial score (nSPS) is 23.2. The fourth-order valence-corrected chi connectivity index (χ4v) is 6.13. The van der Waals surface area contributed by atoms with Crippen LogP contribution in [0.15, 0.2) is 58.7 Å². The van der Waals surface area contributed by atoms with E-state index in [-0.39, 0.29) is 24.1 Å². The van der Waals surface area contributed by atoms with Gasteiger partial charge in [-0.1, -0.05) is 12.1 Å². The number of fused-ring (bicyclic) bond motifs is 1. The van der Waals surface area contributed by atoms with Crippen LogP contribution in [0.2, 0.25) is 0 Å². The fraction of sp³-hybridized carbons (Fsp3) is 0.433. The summed E-state index contributed by atoms with van der Waals surface area (Å²) in [6.07, 6.45) is 8.74. The Bertz CT molecular complexity index is 1300. The van der Waals surface area contributed by atoms with Crippen molar-refractivity contribution >= 4 is 29.0 Å². The molecule has 1 aromatic heterocycles. The summed E-state index contributed by atoms with van der Waals surface area (Å²) in [7, 11) is 2.10. The van der Waals surface area contributed by atoms with E-state index in [0.717, 1.165) is 35.9 Å². The standard InChI is InChI=1S/C30H38FN5OS/c1-18-7-9-23(13-28(18)38-6)33-15-24-12-27-22(14-32-24)8-10-26(35(27)5)25-11-19(2)29(31)30(34-25)36-16-20(3)37-21(4)17-36/h7-13,20-21,27,32-33H,14-17H2,1-6H3. The Labute approximate surface area is 230 Å². The van der Waals surface area contributed by atoms with Gasteiger partial charge in [0.1, 0.15) is 0 Å². The predicted molar refractivity (Wildman–Crippen MR) is 156 cm³/mol.